The van der Waals surface area contributed by atoms with Gasteiger partial charge in [0.05, 0.1) is 12.0 Å². The second kappa shape index (κ2) is 7.07. The average molecular weight is 352 g/mol. The van der Waals surface area contributed by atoms with Crippen LogP contribution in [0.25, 0.3) is 0 Å². The van der Waals surface area contributed by atoms with Gasteiger partial charge in [-0.25, -0.2) is 8.78 Å². The number of amides is 2. The van der Waals surface area contributed by atoms with Gasteiger partial charge in [0.2, 0.25) is 11.8 Å². The summed E-state index contributed by atoms with van der Waals surface area (Å²) in [5, 5.41) is 8.92. The van der Waals surface area contributed by atoms with E-state index < -0.39 is 17.0 Å². The number of piperidine rings is 1. The molecule has 25 heavy (non-hydrogen) atoms. The highest BCUT2D eigenvalue weighted by Gasteiger charge is 2.49. The van der Waals surface area contributed by atoms with Gasteiger partial charge in [0.15, 0.2) is 11.6 Å². The second-order valence-corrected chi connectivity index (χ2v) is 6.86. The first-order valence-corrected chi connectivity index (χ1v) is 8.58. The van der Waals surface area contributed by atoms with Crippen LogP contribution in [0, 0.1) is 17.0 Å². The van der Waals surface area contributed by atoms with Crippen LogP contribution in [0.4, 0.5) is 8.78 Å². The van der Waals surface area contributed by atoms with Crippen molar-refractivity contribution in [2.45, 2.75) is 32.2 Å². The maximum Gasteiger partial charge on any atom is 0.230 e. The molecule has 1 aromatic rings. The summed E-state index contributed by atoms with van der Waals surface area (Å²) in [5.41, 5.74) is -0.468. The lowest BCUT2D eigenvalue weighted by Gasteiger charge is -2.39. The lowest BCUT2D eigenvalue weighted by Crippen LogP contribution is -2.50. The van der Waals surface area contributed by atoms with Gasteiger partial charge in [-0.2, -0.15) is 0 Å². The van der Waals surface area contributed by atoms with Gasteiger partial charge in [-0.05, 0) is 25.3 Å². The van der Waals surface area contributed by atoms with Gasteiger partial charge < -0.3 is 14.9 Å². The van der Waals surface area contributed by atoms with Crippen molar-refractivity contribution in [3.05, 3.63) is 35.4 Å². The molecule has 7 heteroatoms. The van der Waals surface area contributed by atoms with Crippen LogP contribution in [0.15, 0.2) is 18.2 Å². The topological polar surface area (TPSA) is 60.9 Å². The average Bonchev–Trinajstić information content (AvgIpc) is 3.02. The Morgan fingerprint density at radius 2 is 2.04 bits per heavy atom. The SMILES string of the molecule is O=C(CCO)N1CC[C@@]2(CCCN(Cc3cccc(F)c3F)C2=O)C1. The number of hydrogen-bond acceptors (Lipinski definition) is 3. The van der Waals surface area contributed by atoms with E-state index >= 15 is 0 Å². The van der Waals surface area contributed by atoms with E-state index in [1.165, 1.54) is 12.1 Å². The van der Waals surface area contributed by atoms with E-state index in [1.807, 2.05) is 0 Å². The maximum absolute atomic E-state index is 13.9. The molecule has 0 aliphatic carbocycles. The Kier molecular flexibility index (Phi) is 5.03. The van der Waals surface area contributed by atoms with E-state index in [2.05, 4.69) is 0 Å². The van der Waals surface area contributed by atoms with E-state index in [1.54, 1.807) is 9.80 Å². The highest BCUT2D eigenvalue weighted by Crippen LogP contribution is 2.40. The fraction of sp³-hybridized carbons (Fsp3) is 0.556. The third-order valence-electron chi connectivity index (χ3n) is 5.25. The molecular weight excluding hydrogens is 330 g/mol. The zero-order valence-corrected chi connectivity index (χ0v) is 14.0. The lowest BCUT2D eigenvalue weighted by atomic mass is 9.78. The van der Waals surface area contributed by atoms with Gasteiger partial charge >= 0.3 is 0 Å². The molecule has 1 N–H and O–H groups in total. The summed E-state index contributed by atoms with van der Waals surface area (Å²) >= 11 is 0. The van der Waals surface area contributed by atoms with Crippen molar-refractivity contribution in [2.75, 3.05) is 26.2 Å². The number of likely N-dealkylation sites (tertiary alicyclic amines) is 2. The van der Waals surface area contributed by atoms with Crippen molar-refractivity contribution in [1.29, 1.82) is 0 Å². The van der Waals surface area contributed by atoms with Crippen molar-refractivity contribution < 1.29 is 23.5 Å². The molecule has 5 nitrogen and oxygen atoms in total. The molecular formula is C18H22F2N2O3. The van der Waals surface area contributed by atoms with Crippen LogP contribution in [0.5, 0.6) is 0 Å². The number of carbonyl (C=O) groups excluding carboxylic acids is 2. The molecule has 2 saturated heterocycles. The molecule has 2 amide bonds. The van der Waals surface area contributed by atoms with Crippen molar-refractivity contribution >= 4 is 11.8 Å². The molecule has 2 aliphatic rings. The monoisotopic (exact) mass is 352 g/mol. The quantitative estimate of drug-likeness (QED) is 0.897. The minimum absolute atomic E-state index is 0.0365. The van der Waals surface area contributed by atoms with Crippen molar-refractivity contribution in [3.8, 4) is 0 Å². The minimum atomic E-state index is -0.918. The van der Waals surface area contributed by atoms with Gasteiger partial charge in [-0.3, -0.25) is 9.59 Å². The highest BCUT2D eigenvalue weighted by atomic mass is 19.2. The zero-order chi connectivity index (χ0) is 18.0. The number of benzene rings is 1. The van der Waals surface area contributed by atoms with Crippen LogP contribution in [-0.4, -0.2) is 53.0 Å². The Bertz CT molecular complexity index is 682. The van der Waals surface area contributed by atoms with Gasteiger partial charge in [-0.1, -0.05) is 12.1 Å². The zero-order valence-electron chi connectivity index (χ0n) is 14.0. The summed E-state index contributed by atoms with van der Waals surface area (Å²) in [6.07, 6.45) is 2.09. The maximum atomic E-state index is 13.9. The van der Waals surface area contributed by atoms with E-state index in [0.29, 0.717) is 32.5 Å². The summed E-state index contributed by atoms with van der Waals surface area (Å²) in [6.45, 7) is 1.16. The molecule has 1 spiro atoms. The molecule has 0 unspecified atom stereocenters. The second-order valence-electron chi connectivity index (χ2n) is 6.86. The minimum Gasteiger partial charge on any atom is -0.396 e. The summed E-state index contributed by atoms with van der Waals surface area (Å²) < 4.78 is 27.3. The Morgan fingerprint density at radius 3 is 2.80 bits per heavy atom. The molecule has 0 radical (unpaired) electrons. The molecule has 2 aliphatic heterocycles. The Hall–Kier alpha value is -2.02. The van der Waals surface area contributed by atoms with Crippen LogP contribution in [0.1, 0.15) is 31.2 Å². The van der Waals surface area contributed by atoms with Crippen molar-refractivity contribution in [3.63, 3.8) is 0 Å². The number of nitrogens with zero attached hydrogens (tertiary/aromatic N) is 2. The van der Waals surface area contributed by atoms with E-state index in [4.69, 9.17) is 5.11 Å². The summed E-state index contributed by atoms with van der Waals surface area (Å²) in [5.74, 6) is -2.08. The van der Waals surface area contributed by atoms with Crippen LogP contribution >= 0.6 is 0 Å². The Labute approximate surface area is 145 Å². The molecule has 2 heterocycles. The standard InChI is InChI=1S/C18H22F2N2O3/c19-14-4-1-3-13(16(14)20)11-21-8-2-6-18(17(21)25)7-9-22(12-18)15(24)5-10-23/h1,3-4,23H,2,5-12H2/t18-/m0/s1. The number of aliphatic hydroxyl groups excluding tert-OH is 1. The highest BCUT2D eigenvalue weighted by molar-refractivity contribution is 5.86. The number of rotatable bonds is 4. The summed E-state index contributed by atoms with van der Waals surface area (Å²) in [6, 6.07) is 3.97. The van der Waals surface area contributed by atoms with Gasteiger partial charge in [0.1, 0.15) is 0 Å². The van der Waals surface area contributed by atoms with Crippen molar-refractivity contribution in [2.24, 2.45) is 5.41 Å². The normalized spacial score (nSPS) is 23.6. The summed E-state index contributed by atoms with van der Waals surface area (Å²) in [4.78, 5) is 28.2. The largest absolute Gasteiger partial charge is 0.396 e. The smallest absolute Gasteiger partial charge is 0.230 e. The Morgan fingerprint density at radius 1 is 1.24 bits per heavy atom. The molecule has 136 valence electrons. The molecule has 0 saturated carbocycles. The first-order valence-electron chi connectivity index (χ1n) is 8.58. The summed E-state index contributed by atoms with van der Waals surface area (Å²) in [7, 11) is 0. The lowest BCUT2D eigenvalue weighted by molar-refractivity contribution is -0.147. The number of carbonyl (C=O) groups is 2. The number of aliphatic hydroxyl groups is 1. The third-order valence-corrected chi connectivity index (χ3v) is 5.25. The first-order chi connectivity index (χ1) is 12.0. The van der Waals surface area contributed by atoms with E-state index in [9.17, 15) is 18.4 Å². The third kappa shape index (κ3) is 3.38. The van der Waals surface area contributed by atoms with E-state index in [0.717, 1.165) is 12.5 Å². The molecule has 2 fully saturated rings. The predicted octanol–water partition coefficient (Wildman–Crippen LogP) is 1.69. The van der Waals surface area contributed by atoms with Crippen LogP contribution in [0.2, 0.25) is 0 Å². The molecule has 0 aromatic heterocycles. The Balaban J connectivity index is 1.73. The predicted molar refractivity (Wildman–Crippen MR) is 86.3 cm³/mol. The van der Waals surface area contributed by atoms with Crippen LogP contribution < -0.4 is 0 Å². The van der Waals surface area contributed by atoms with Crippen molar-refractivity contribution in [1.82, 2.24) is 9.80 Å². The molecule has 1 atom stereocenters. The fourth-order valence-electron chi connectivity index (χ4n) is 3.90. The molecule has 1 aromatic carbocycles. The first kappa shape index (κ1) is 17.8. The fourth-order valence-corrected chi connectivity index (χ4v) is 3.90. The molecule has 3 rings (SSSR count). The van der Waals surface area contributed by atoms with Gasteiger partial charge in [-0.15, -0.1) is 0 Å². The van der Waals surface area contributed by atoms with E-state index in [-0.39, 0.29) is 37.0 Å². The van der Waals surface area contributed by atoms with Gasteiger partial charge in [0.25, 0.3) is 0 Å². The van der Waals surface area contributed by atoms with Gasteiger partial charge in [0, 0.05) is 38.2 Å². The molecule has 0 bridgehead atoms. The number of hydrogen-bond donors (Lipinski definition) is 1. The van der Waals surface area contributed by atoms with Crippen LogP contribution in [0.3, 0.4) is 0 Å². The van der Waals surface area contributed by atoms with Crippen LogP contribution in [-0.2, 0) is 16.1 Å². The number of halogens is 2.